The Bertz CT molecular complexity index is 619. The van der Waals surface area contributed by atoms with Crippen molar-refractivity contribution in [3.8, 4) is 5.75 Å². The SMILES string of the molecule is CCOc1ccccc1CNCC(CC(=O)[O-])c1ccccc1.[Na+]. The Kier molecular flexibility index (Phi) is 9.72. The first-order valence-corrected chi connectivity index (χ1v) is 7.87. The van der Waals surface area contributed by atoms with Gasteiger partial charge in [-0.15, -0.1) is 0 Å². The smallest absolute Gasteiger partial charge is 0.550 e. The third-order valence-electron chi connectivity index (χ3n) is 3.66. The molecule has 1 atom stereocenters. The molecular weight excluding hydrogens is 313 g/mol. The van der Waals surface area contributed by atoms with Gasteiger partial charge in [0.25, 0.3) is 0 Å². The first-order valence-electron chi connectivity index (χ1n) is 7.87. The zero-order valence-electron chi connectivity index (χ0n) is 14.3. The van der Waals surface area contributed by atoms with Crippen LogP contribution in [0.15, 0.2) is 54.6 Å². The Labute approximate surface area is 165 Å². The van der Waals surface area contributed by atoms with Crippen LogP contribution in [0.1, 0.15) is 30.4 Å². The molecule has 0 heterocycles. The normalized spacial score (nSPS) is 11.4. The Morgan fingerprint density at radius 2 is 1.79 bits per heavy atom. The molecule has 0 saturated heterocycles. The Hall–Kier alpha value is -1.33. The molecule has 2 rings (SSSR count). The predicted molar refractivity (Wildman–Crippen MR) is 88.1 cm³/mol. The molecule has 0 aromatic heterocycles. The van der Waals surface area contributed by atoms with E-state index in [2.05, 4.69) is 5.32 Å². The van der Waals surface area contributed by atoms with Crippen LogP contribution in [0, 0.1) is 0 Å². The van der Waals surface area contributed by atoms with Crippen LogP contribution in [0.4, 0.5) is 0 Å². The molecule has 4 nitrogen and oxygen atoms in total. The van der Waals surface area contributed by atoms with Crippen LogP contribution in [0.3, 0.4) is 0 Å². The monoisotopic (exact) mass is 335 g/mol. The van der Waals surface area contributed by atoms with Crippen molar-refractivity contribution in [2.45, 2.75) is 25.8 Å². The maximum Gasteiger partial charge on any atom is 1.00 e. The average Bonchev–Trinajstić information content (AvgIpc) is 2.56. The van der Waals surface area contributed by atoms with Gasteiger partial charge in [-0.3, -0.25) is 0 Å². The van der Waals surface area contributed by atoms with E-state index in [4.69, 9.17) is 4.74 Å². The van der Waals surface area contributed by atoms with Crippen molar-refractivity contribution in [2.75, 3.05) is 13.2 Å². The predicted octanol–water partition coefficient (Wildman–Crippen LogP) is -0.897. The molecular formula is C19H22NNaO3. The van der Waals surface area contributed by atoms with Crippen LogP contribution >= 0.6 is 0 Å². The number of para-hydroxylation sites is 1. The van der Waals surface area contributed by atoms with E-state index in [1.54, 1.807) is 0 Å². The van der Waals surface area contributed by atoms with Crippen LogP contribution in [0.5, 0.6) is 5.75 Å². The van der Waals surface area contributed by atoms with Crippen LogP contribution in [0.2, 0.25) is 0 Å². The average molecular weight is 335 g/mol. The van der Waals surface area contributed by atoms with Gasteiger partial charge in [0.15, 0.2) is 0 Å². The number of hydrogen-bond acceptors (Lipinski definition) is 4. The van der Waals surface area contributed by atoms with Gasteiger partial charge in [0.2, 0.25) is 0 Å². The molecule has 122 valence electrons. The van der Waals surface area contributed by atoms with Crippen LogP contribution in [-0.4, -0.2) is 19.1 Å². The summed E-state index contributed by atoms with van der Waals surface area (Å²) >= 11 is 0. The topological polar surface area (TPSA) is 61.4 Å². The van der Waals surface area contributed by atoms with Gasteiger partial charge in [0, 0.05) is 30.5 Å². The summed E-state index contributed by atoms with van der Waals surface area (Å²) in [6.45, 7) is 3.77. The molecule has 0 aliphatic rings. The summed E-state index contributed by atoms with van der Waals surface area (Å²) in [5.74, 6) is -0.283. The van der Waals surface area contributed by atoms with E-state index in [9.17, 15) is 9.90 Å². The van der Waals surface area contributed by atoms with E-state index in [-0.39, 0.29) is 41.9 Å². The number of nitrogens with one attached hydrogen (secondary N) is 1. The number of rotatable bonds is 9. The van der Waals surface area contributed by atoms with Gasteiger partial charge in [0.05, 0.1) is 6.61 Å². The van der Waals surface area contributed by atoms with E-state index < -0.39 is 5.97 Å². The fourth-order valence-corrected chi connectivity index (χ4v) is 2.56. The standard InChI is InChI=1S/C19H23NO3.Na/c1-2-23-18-11-7-6-10-16(18)13-20-14-17(12-19(21)22)15-8-4-3-5-9-15;/h3-11,17,20H,2,12-14H2,1H3,(H,21,22);/q;+1/p-1. The van der Waals surface area contributed by atoms with Gasteiger partial charge in [0.1, 0.15) is 5.75 Å². The summed E-state index contributed by atoms with van der Waals surface area (Å²) in [5.41, 5.74) is 2.07. The number of benzene rings is 2. The second-order valence-electron chi connectivity index (χ2n) is 5.36. The number of aliphatic carboxylic acids is 1. The van der Waals surface area contributed by atoms with Gasteiger partial charge >= 0.3 is 29.6 Å². The summed E-state index contributed by atoms with van der Waals surface area (Å²) in [6.07, 6.45) is 0.00409. The van der Waals surface area contributed by atoms with Crippen molar-refractivity contribution in [3.63, 3.8) is 0 Å². The minimum Gasteiger partial charge on any atom is -0.550 e. The van der Waals surface area contributed by atoms with Gasteiger partial charge in [-0.2, -0.15) is 0 Å². The minimum absolute atomic E-state index is 0. The first kappa shape index (κ1) is 20.7. The maximum absolute atomic E-state index is 11.0. The summed E-state index contributed by atoms with van der Waals surface area (Å²) < 4.78 is 5.60. The third-order valence-corrected chi connectivity index (χ3v) is 3.66. The molecule has 0 aliphatic heterocycles. The van der Waals surface area contributed by atoms with Crippen LogP contribution in [0.25, 0.3) is 0 Å². The number of carboxylic acid groups (broad SMARTS) is 1. The third kappa shape index (κ3) is 6.65. The molecule has 0 radical (unpaired) electrons. The zero-order valence-corrected chi connectivity index (χ0v) is 16.3. The number of ether oxygens (including phenoxy) is 1. The van der Waals surface area contributed by atoms with Crippen LogP contribution in [-0.2, 0) is 11.3 Å². The van der Waals surface area contributed by atoms with Crippen molar-refractivity contribution in [2.24, 2.45) is 0 Å². The molecule has 0 aliphatic carbocycles. The van der Waals surface area contributed by atoms with E-state index >= 15 is 0 Å². The molecule has 0 spiro atoms. The largest absolute Gasteiger partial charge is 1.00 e. The van der Waals surface area contributed by atoms with Gasteiger partial charge in [-0.05, 0) is 25.0 Å². The number of hydrogen-bond donors (Lipinski definition) is 1. The molecule has 5 heteroatoms. The summed E-state index contributed by atoms with van der Waals surface area (Å²) in [7, 11) is 0. The summed E-state index contributed by atoms with van der Waals surface area (Å²) in [4.78, 5) is 11.0. The second-order valence-corrected chi connectivity index (χ2v) is 5.36. The fourth-order valence-electron chi connectivity index (χ4n) is 2.56. The van der Waals surface area contributed by atoms with E-state index in [0.717, 1.165) is 16.9 Å². The molecule has 0 saturated carbocycles. The summed E-state index contributed by atoms with van der Waals surface area (Å²) in [6, 6.07) is 17.5. The molecule has 0 fully saturated rings. The fraction of sp³-hybridized carbons (Fsp3) is 0.316. The van der Waals surface area contributed by atoms with Crippen molar-refractivity contribution in [1.29, 1.82) is 0 Å². The van der Waals surface area contributed by atoms with Crippen LogP contribution < -0.4 is 44.7 Å². The number of carboxylic acids is 1. The maximum atomic E-state index is 11.0. The molecule has 1 unspecified atom stereocenters. The van der Waals surface area contributed by atoms with Crippen molar-refractivity contribution < 1.29 is 44.2 Å². The number of carbonyl (C=O) groups excluding carboxylic acids is 1. The minimum atomic E-state index is -1.03. The quantitative estimate of drug-likeness (QED) is 0.604. The molecule has 24 heavy (non-hydrogen) atoms. The van der Waals surface area contributed by atoms with E-state index in [0.29, 0.717) is 19.7 Å². The van der Waals surface area contributed by atoms with Gasteiger partial charge in [-0.25, -0.2) is 0 Å². The van der Waals surface area contributed by atoms with Crippen molar-refractivity contribution >= 4 is 5.97 Å². The van der Waals surface area contributed by atoms with E-state index in [1.807, 2.05) is 61.5 Å². The van der Waals surface area contributed by atoms with Gasteiger partial charge in [-0.1, -0.05) is 48.5 Å². The second kappa shape index (κ2) is 11.3. The molecule has 0 bridgehead atoms. The zero-order chi connectivity index (χ0) is 16.5. The molecule has 1 N–H and O–H groups in total. The molecule has 2 aromatic rings. The van der Waals surface area contributed by atoms with Crippen molar-refractivity contribution in [1.82, 2.24) is 5.32 Å². The van der Waals surface area contributed by atoms with Gasteiger partial charge < -0.3 is 20.0 Å². The Morgan fingerprint density at radius 1 is 1.12 bits per heavy atom. The first-order chi connectivity index (χ1) is 11.2. The van der Waals surface area contributed by atoms with Crippen molar-refractivity contribution in [3.05, 3.63) is 65.7 Å². The summed E-state index contributed by atoms with van der Waals surface area (Å²) in [5, 5.41) is 14.3. The number of carbonyl (C=O) groups is 1. The molecule has 0 amide bonds. The molecule has 2 aromatic carbocycles. The Balaban J connectivity index is 0.00000288. The van der Waals surface area contributed by atoms with E-state index in [1.165, 1.54) is 0 Å². The Morgan fingerprint density at radius 3 is 2.46 bits per heavy atom.